The molecule has 0 aliphatic heterocycles. The van der Waals surface area contributed by atoms with Crippen molar-refractivity contribution in [1.82, 2.24) is 0 Å². The highest BCUT2D eigenvalue weighted by Crippen LogP contribution is 2.43. The Morgan fingerprint density at radius 1 is 0.478 bits per heavy atom. The quantitative estimate of drug-likeness (QED) is 0.0211. The van der Waals surface area contributed by atoms with Crippen LogP contribution in [0.1, 0.15) is 200 Å². The Hall–Kier alpha value is -3.07. The first-order chi connectivity index (χ1) is 32.5. The monoisotopic (exact) mass is 957 g/mol. The Balaban J connectivity index is 4.18. The zero-order valence-electron chi connectivity index (χ0n) is 43.3. The van der Waals surface area contributed by atoms with Gasteiger partial charge in [0.2, 0.25) is 0 Å². The van der Waals surface area contributed by atoms with Crippen LogP contribution >= 0.6 is 7.82 Å². The maximum atomic E-state index is 12.8. The smallest absolute Gasteiger partial charge is 0.462 e. The van der Waals surface area contributed by atoms with Crippen molar-refractivity contribution in [1.29, 1.82) is 0 Å². The molecule has 0 spiro atoms. The predicted octanol–water partition coefficient (Wildman–Crippen LogP) is 16.1. The van der Waals surface area contributed by atoms with Crippen molar-refractivity contribution in [3.05, 3.63) is 97.2 Å². The van der Waals surface area contributed by atoms with Crippen LogP contribution in [0.5, 0.6) is 0 Å². The van der Waals surface area contributed by atoms with Gasteiger partial charge in [-0.15, -0.1) is 0 Å². The highest BCUT2D eigenvalue weighted by molar-refractivity contribution is 7.47. The number of likely N-dealkylation sites (N-methyl/N-ethyl adjacent to an activating group) is 1. The largest absolute Gasteiger partial charge is 0.472 e. The molecule has 0 aromatic carbocycles. The number of nitrogens with zero attached hydrogens (tertiary/aromatic N) is 1. The van der Waals surface area contributed by atoms with Crippen LogP contribution in [0.4, 0.5) is 0 Å². The second-order valence-electron chi connectivity index (χ2n) is 18.5. The van der Waals surface area contributed by atoms with Crippen molar-refractivity contribution in [2.75, 3.05) is 47.5 Å². The van der Waals surface area contributed by atoms with E-state index in [0.717, 1.165) is 109 Å². The maximum absolute atomic E-state index is 12.8. The zero-order chi connectivity index (χ0) is 49.2. The summed E-state index contributed by atoms with van der Waals surface area (Å²) in [6, 6.07) is 0. The first-order valence-electron chi connectivity index (χ1n) is 26.5. The zero-order valence-corrected chi connectivity index (χ0v) is 44.2. The van der Waals surface area contributed by atoms with Gasteiger partial charge in [0.15, 0.2) is 6.10 Å². The molecule has 10 heteroatoms. The normalized spacial score (nSPS) is 14.2. The average Bonchev–Trinajstić information content (AvgIpc) is 3.29. The molecule has 0 radical (unpaired) electrons. The third-order valence-electron chi connectivity index (χ3n) is 10.8. The summed E-state index contributed by atoms with van der Waals surface area (Å²) < 4.78 is 34.4. The molecule has 384 valence electrons. The molecule has 0 rings (SSSR count). The van der Waals surface area contributed by atoms with Gasteiger partial charge < -0.3 is 18.9 Å². The third-order valence-corrected chi connectivity index (χ3v) is 11.8. The molecule has 0 heterocycles. The number of esters is 2. The number of hydrogen-bond donors (Lipinski definition) is 1. The lowest BCUT2D eigenvalue weighted by Gasteiger charge is -2.24. The van der Waals surface area contributed by atoms with Crippen molar-refractivity contribution in [2.45, 2.75) is 206 Å². The van der Waals surface area contributed by atoms with Crippen LogP contribution in [-0.4, -0.2) is 74.9 Å². The SMILES string of the molecule is CC/C=C\C/C=C\C/C=C\C/C=C\C/C=C\C/C=C\C/C=C\CCCCCCCCCCCC(=O)OC(COC(=O)CCCCCCC/C=C\CCCCC)COP(=O)(O)OCC[N+](C)(C)C. The van der Waals surface area contributed by atoms with Crippen LogP contribution in [0, 0.1) is 0 Å². The number of ether oxygens (including phenoxy) is 2. The summed E-state index contributed by atoms with van der Waals surface area (Å²) in [4.78, 5) is 35.5. The first-order valence-corrected chi connectivity index (χ1v) is 28.0. The summed E-state index contributed by atoms with van der Waals surface area (Å²) >= 11 is 0. The summed E-state index contributed by atoms with van der Waals surface area (Å²) in [5.74, 6) is -0.822. The van der Waals surface area contributed by atoms with Crippen LogP contribution in [-0.2, 0) is 32.7 Å². The van der Waals surface area contributed by atoms with Gasteiger partial charge in [0, 0.05) is 12.8 Å². The van der Waals surface area contributed by atoms with E-state index in [2.05, 4.69) is 111 Å². The summed E-state index contributed by atoms with van der Waals surface area (Å²) in [5, 5.41) is 0. The van der Waals surface area contributed by atoms with Gasteiger partial charge in [0.1, 0.15) is 19.8 Å². The van der Waals surface area contributed by atoms with Crippen LogP contribution < -0.4 is 0 Å². The second kappa shape index (κ2) is 48.0. The molecular formula is C57H99NO8P+. The number of quaternary nitrogens is 1. The van der Waals surface area contributed by atoms with Crippen molar-refractivity contribution in [3.63, 3.8) is 0 Å². The van der Waals surface area contributed by atoms with Crippen molar-refractivity contribution < 1.29 is 42.1 Å². The minimum absolute atomic E-state index is 0.0247. The molecule has 0 amide bonds. The van der Waals surface area contributed by atoms with E-state index in [-0.39, 0.29) is 32.0 Å². The Morgan fingerprint density at radius 3 is 1.28 bits per heavy atom. The van der Waals surface area contributed by atoms with Gasteiger partial charge in [0.25, 0.3) is 0 Å². The van der Waals surface area contributed by atoms with Gasteiger partial charge in [-0.3, -0.25) is 18.6 Å². The van der Waals surface area contributed by atoms with Gasteiger partial charge in [-0.1, -0.05) is 188 Å². The Morgan fingerprint density at radius 2 is 0.851 bits per heavy atom. The molecule has 1 N–H and O–H groups in total. The molecule has 67 heavy (non-hydrogen) atoms. The fraction of sp³-hybridized carbons (Fsp3) is 0.684. The molecule has 0 saturated heterocycles. The number of carbonyl (C=O) groups is 2. The summed E-state index contributed by atoms with van der Waals surface area (Å²) in [6.07, 6.45) is 64.7. The molecule has 0 aliphatic carbocycles. The fourth-order valence-corrected chi connectivity index (χ4v) is 7.49. The molecule has 0 aliphatic rings. The number of hydrogen-bond acceptors (Lipinski definition) is 7. The Labute approximate surface area is 411 Å². The predicted molar refractivity (Wildman–Crippen MR) is 284 cm³/mol. The van der Waals surface area contributed by atoms with Crippen molar-refractivity contribution >= 4 is 19.8 Å². The summed E-state index contributed by atoms with van der Waals surface area (Å²) in [5.41, 5.74) is 0. The van der Waals surface area contributed by atoms with Gasteiger partial charge in [-0.25, -0.2) is 4.57 Å². The molecule has 9 nitrogen and oxygen atoms in total. The standard InChI is InChI=1S/C57H98NO8P/c1-6-8-10-12-14-16-18-20-21-22-23-24-25-26-27-28-29-30-31-32-33-34-35-36-37-38-40-42-44-46-48-50-57(60)66-55(54-65-67(61,62)64-52-51-58(3,4)5)53-63-56(59)49-47-45-43-41-39-19-17-15-13-11-9-7-2/h8,10,14-17,20-21,23-24,26-27,29-30,32-33,55H,6-7,9,11-13,18-19,22,25,28,31,34-54H2,1-5H3/p+1/b10-8-,16-14-,17-15-,21-20-,24-23-,27-26-,30-29-,33-32-. The number of unbranched alkanes of at least 4 members (excludes halogenated alkanes) is 17. The van der Waals surface area contributed by atoms with Crippen LogP contribution in [0.15, 0.2) is 97.2 Å². The van der Waals surface area contributed by atoms with Crippen LogP contribution in [0.25, 0.3) is 0 Å². The van der Waals surface area contributed by atoms with E-state index in [1.54, 1.807) is 0 Å². The maximum Gasteiger partial charge on any atom is 0.472 e. The highest BCUT2D eigenvalue weighted by atomic mass is 31.2. The molecule has 2 atom stereocenters. The van der Waals surface area contributed by atoms with Gasteiger partial charge in [-0.05, 0) is 96.3 Å². The molecule has 2 unspecified atom stereocenters. The number of carbonyl (C=O) groups excluding carboxylic acids is 2. The van der Waals surface area contributed by atoms with E-state index in [4.69, 9.17) is 18.5 Å². The summed E-state index contributed by atoms with van der Waals surface area (Å²) in [6.45, 7) is 4.26. The number of allylic oxidation sites excluding steroid dienone is 16. The van der Waals surface area contributed by atoms with Crippen LogP contribution in [0.2, 0.25) is 0 Å². The lowest BCUT2D eigenvalue weighted by molar-refractivity contribution is -0.870. The van der Waals surface area contributed by atoms with E-state index in [1.165, 1.54) is 57.8 Å². The van der Waals surface area contributed by atoms with E-state index in [0.29, 0.717) is 17.4 Å². The number of phosphoric acid groups is 1. The topological polar surface area (TPSA) is 108 Å². The molecule has 0 saturated carbocycles. The molecule has 0 aromatic heterocycles. The Kier molecular flexibility index (Phi) is 45.8. The number of phosphoric ester groups is 1. The second-order valence-corrected chi connectivity index (χ2v) is 20.0. The van der Waals surface area contributed by atoms with E-state index in [9.17, 15) is 19.0 Å². The van der Waals surface area contributed by atoms with E-state index in [1.807, 2.05) is 21.1 Å². The number of rotatable bonds is 47. The van der Waals surface area contributed by atoms with Crippen molar-refractivity contribution in [3.8, 4) is 0 Å². The summed E-state index contributed by atoms with van der Waals surface area (Å²) in [7, 11) is 1.46. The Bertz CT molecular complexity index is 1450. The lowest BCUT2D eigenvalue weighted by Crippen LogP contribution is -2.37. The first kappa shape index (κ1) is 63.9. The lowest BCUT2D eigenvalue weighted by atomic mass is 10.1. The van der Waals surface area contributed by atoms with Gasteiger partial charge in [-0.2, -0.15) is 0 Å². The molecule has 0 aromatic rings. The van der Waals surface area contributed by atoms with Crippen LogP contribution in [0.3, 0.4) is 0 Å². The van der Waals surface area contributed by atoms with Crippen molar-refractivity contribution in [2.24, 2.45) is 0 Å². The van der Waals surface area contributed by atoms with Gasteiger partial charge >= 0.3 is 19.8 Å². The minimum Gasteiger partial charge on any atom is -0.462 e. The molecule has 0 fully saturated rings. The molecular weight excluding hydrogens is 858 g/mol. The fourth-order valence-electron chi connectivity index (χ4n) is 6.75. The van der Waals surface area contributed by atoms with E-state index < -0.39 is 26.5 Å². The van der Waals surface area contributed by atoms with Gasteiger partial charge in [0.05, 0.1) is 27.7 Å². The third kappa shape index (κ3) is 52.2. The molecule has 0 bridgehead atoms. The average molecular weight is 957 g/mol. The van der Waals surface area contributed by atoms with E-state index >= 15 is 0 Å². The highest BCUT2D eigenvalue weighted by Gasteiger charge is 2.27. The minimum atomic E-state index is -4.39.